The minimum absolute atomic E-state index is 0.113. The van der Waals surface area contributed by atoms with Crippen LogP contribution in [-0.4, -0.2) is 16.1 Å². The lowest BCUT2D eigenvalue weighted by Crippen LogP contribution is -2.06. The predicted octanol–water partition coefficient (Wildman–Crippen LogP) is 2.98. The number of aromatic nitrogens is 1. The van der Waals surface area contributed by atoms with Crippen LogP contribution in [0, 0.1) is 0 Å². The van der Waals surface area contributed by atoms with Gasteiger partial charge in [0.25, 0.3) is 0 Å². The van der Waals surface area contributed by atoms with Crippen molar-refractivity contribution in [2.45, 2.75) is 12.6 Å². The molecule has 21 heavy (non-hydrogen) atoms. The fourth-order valence-corrected chi connectivity index (χ4v) is 1.95. The second kappa shape index (κ2) is 5.43. The van der Waals surface area contributed by atoms with Gasteiger partial charge < -0.3 is 10.8 Å². The average Bonchev–Trinajstić information content (AvgIpc) is 2.37. The zero-order valence-electron chi connectivity index (χ0n) is 10.7. The molecule has 0 atom stereocenters. The molecule has 2 rings (SSSR count). The predicted molar refractivity (Wildman–Crippen MR) is 70.4 cm³/mol. The Kier molecular flexibility index (Phi) is 3.84. The van der Waals surface area contributed by atoms with Gasteiger partial charge in [-0.05, 0) is 29.3 Å². The summed E-state index contributed by atoms with van der Waals surface area (Å²) in [6.07, 6.45) is -3.54. The largest absolute Gasteiger partial charge is 0.481 e. The molecular formula is C14H11F3N2O2. The van der Waals surface area contributed by atoms with Crippen molar-refractivity contribution in [2.24, 2.45) is 0 Å². The van der Waals surface area contributed by atoms with E-state index >= 15 is 0 Å². The molecule has 1 aromatic heterocycles. The van der Waals surface area contributed by atoms with E-state index in [9.17, 15) is 18.0 Å². The summed E-state index contributed by atoms with van der Waals surface area (Å²) in [4.78, 5) is 14.7. The van der Waals surface area contributed by atoms with Crippen LogP contribution in [0.25, 0.3) is 11.1 Å². The summed E-state index contributed by atoms with van der Waals surface area (Å²) in [6, 6.07) is 5.99. The van der Waals surface area contributed by atoms with E-state index in [0.717, 1.165) is 12.1 Å². The van der Waals surface area contributed by atoms with E-state index in [1.54, 1.807) is 0 Å². The molecule has 0 spiro atoms. The first kappa shape index (κ1) is 14.8. The molecule has 0 radical (unpaired) electrons. The number of halogens is 3. The molecule has 3 N–H and O–H groups in total. The molecule has 0 aliphatic carbocycles. The molecule has 0 aliphatic heterocycles. The van der Waals surface area contributed by atoms with Gasteiger partial charge in [-0.1, -0.05) is 12.1 Å². The Morgan fingerprint density at radius 2 is 2.00 bits per heavy atom. The molecule has 0 fully saturated rings. The number of hydrogen-bond donors (Lipinski definition) is 2. The summed E-state index contributed by atoms with van der Waals surface area (Å²) in [5.41, 5.74) is 5.56. The van der Waals surface area contributed by atoms with Crippen LogP contribution >= 0.6 is 0 Å². The molecule has 7 heteroatoms. The van der Waals surface area contributed by atoms with Crippen LogP contribution < -0.4 is 5.73 Å². The van der Waals surface area contributed by atoms with Gasteiger partial charge in [0.1, 0.15) is 5.82 Å². The Balaban J connectivity index is 2.54. The molecule has 4 nitrogen and oxygen atoms in total. The highest BCUT2D eigenvalue weighted by molar-refractivity contribution is 5.77. The van der Waals surface area contributed by atoms with Crippen molar-refractivity contribution in [3.05, 3.63) is 47.7 Å². The maximum atomic E-state index is 12.7. The molecule has 0 bridgehead atoms. The first-order valence-corrected chi connectivity index (χ1v) is 5.91. The molecule has 1 heterocycles. The van der Waals surface area contributed by atoms with Crippen molar-refractivity contribution in [3.63, 3.8) is 0 Å². The quantitative estimate of drug-likeness (QED) is 0.913. The van der Waals surface area contributed by atoms with E-state index in [0.29, 0.717) is 11.1 Å². The van der Waals surface area contributed by atoms with Crippen molar-refractivity contribution in [3.8, 4) is 11.1 Å². The molecular weight excluding hydrogens is 285 g/mol. The normalized spacial score (nSPS) is 11.4. The third-order valence-electron chi connectivity index (χ3n) is 2.85. The maximum absolute atomic E-state index is 12.7. The number of carbonyl (C=O) groups is 1. The first-order valence-electron chi connectivity index (χ1n) is 5.91. The number of hydrogen-bond acceptors (Lipinski definition) is 3. The molecule has 1 aromatic carbocycles. The Morgan fingerprint density at radius 3 is 2.62 bits per heavy atom. The third-order valence-corrected chi connectivity index (χ3v) is 2.85. The lowest BCUT2D eigenvalue weighted by molar-refractivity contribution is -0.138. The van der Waals surface area contributed by atoms with E-state index in [1.807, 2.05) is 0 Å². The van der Waals surface area contributed by atoms with Crippen LogP contribution in [0.15, 0.2) is 36.5 Å². The first-order chi connectivity index (χ1) is 9.77. The van der Waals surface area contributed by atoms with Gasteiger partial charge in [-0.25, -0.2) is 4.98 Å². The van der Waals surface area contributed by atoms with Crippen molar-refractivity contribution in [1.82, 2.24) is 4.98 Å². The number of benzene rings is 1. The highest BCUT2D eigenvalue weighted by Gasteiger charge is 2.30. The van der Waals surface area contributed by atoms with Crippen LogP contribution in [0.4, 0.5) is 19.0 Å². The zero-order valence-corrected chi connectivity index (χ0v) is 10.7. The standard InChI is InChI=1S/C14H11F3N2O2/c15-14(16,17)10-3-1-2-8(4-10)11-7-19-12(18)5-9(11)6-13(20)21/h1-5,7H,6H2,(H2,18,19)(H,20,21). The van der Waals surface area contributed by atoms with E-state index in [-0.39, 0.29) is 17.8 Å². The number of nitrogens with zero attached hydrogens (tertiary/aromatic N) is 1. The van der Waals surface area contributed by atoms with Gasteiger partial charge in [-0.15, -0.1) is 0 Å². The van der Waals surface area contributed by atoms with E-state index < -0.39 is 17.7 Å². The molecule has 0 amide bonds. The second-order valence-electron chi connectivity index (χ2n) is 4.42. The SMILES string of the molecule is Nc1cc(CC(=O)O)c(-c2cccc(C(F)(F)F)c2)cn1. The summed E-state index contributed by atoms with van der Waals surface area (Å²) >= 11 is 0. The number of alkyl halides is 3. The minimum Gasteiger partial charge on any atom is -0.481 e. The number of rotatable bonds is 3. The van der Waals surface area contributed by atoms with Crippen LogP contribution in [0.1, 0.15) is 11.1 Å². The lowest BCUT2D eigenvalue weighted by atomic mass is 9.98. The number of nitrogen functional groups attached to an aromatic ring is 1. The van der Waals surface area contributed by atoms with Crippen molar-refractivity contribution >= 4 is 11.8 Å². The maximum Gasteiger partial charge on any atom is 0.416 e. The molecule has 0 aliphatic rings. The van der Waals surface area contributed by atoms with Crippen LogP contribution in [0.3, 0.4) is 0 Å². The number of aliphatic carboxylic acids is 1. The number of carboxylic acid groups (broad SMARTS) is 1. The summed E-state index contributed by atoms with van der Waals surface area (Å²) in [5.74, 6) is -0.990. The molecule has 0 unspecified atom stereocenters. The monoisotopic (exact) mass is 296 g/mol. The number of carboxylic acids is 1. The summed E-state index contributed by atoms with van der Waals surface area (Å²) in [7, 11) is 0. The Hall–Kier alpha value is -2.57. The fourth-order valence-electron chi connectivity index (χ4n) is 1.95. The third kappa shape index (κ3) is 3.50. The summed E-state index contributed by atoms with van der Waals surface area (Å²) in [5, 5.41) is 8.87. The van der Waals surface area contributed by atoms with Gasteiger partial charge in [0.15, 0.2) is 0 Å². The summed E-state index contributed by atoms with van der Waals surface area (Å²) < 4.78 is 38.2. The number of pyridine rings is 1. The van der Waals surface area contributed by atoms with Gasteiger partial charge in [-0.2, -0.15) is 13.2 Å². The average molecular weight is 296 g/mol. The smallest absolute Gasteiger partial charge is 0.416 e. The van der Waals surface area contributed by atoms with Gasteiger partial charge in [0, 0.05) is 11.8 Å². The van der Waals surface area contributed by atoms with Gasteiger partial charge >= 0.3 is 12.1 Å². The van der Waals surface area contributed by atoms with E-state index in [1.165, 1.54) is 24.4 Å². The zero-order chi connectivity index (χ0) is 15.6. The van der Waals surface area contributed by atoms with Crippen molar-refractivity contribution in [1.29, 1.82) is 0 Å². The number of anilines is 1. The second-order valence-corrected chi connectivity index (χ2v) is 4.42. The Labute approximate surface area is 118 Å². The van der Waals surface area contributed by atoms with Crippen LogP contribution in [-0.2, 0) is 17.4 Å². The summed E-state index contributed by atoms with van der Waals surface area (Å²) in [6.45, 7) is 0. The molecule has 0 saturated heterocycles. The highest BCUT2D eigenvalue weighted by Crippen LogP contribution is 2.33. The molecule has 0 saturated carbocycles. The van der Waals surface area contributed by atoms with Gasteiger partial charge in [0.05, 0.1) is 12.0 Å². The fraction of sp³-hybridized carbons (Fsp3) is 0.143. The lowest BCUT2D eigenvalue weighted by Gasteiger charge is -2.11. The Bertz CT molecular complexity index is 684. The van der Waals surface area contributed by atoms with Crippen molar-refractivity contribution in [2.75, 3.05) is 5.73 Å². The molecule has 2 aromatic rings. The van der Waals surface area contributed by atoms with Crippen molar-refractivity contribution < 1.29 is 23.1 Å². The van der Waals surface area contributed by atoms with Crippen LogP contribution in [0.2, 0.25) is 0 Å². The van der Waals surface area contributed by atoms with E-state index in [2.05, 4.69) is 4.98 Å². The number of nitrogens with two attached hydrogens (primary N) is 1. The Morgan fingerprint density at radius 1 is 1.29 bits per heavy atom. The van der Waals surface area contributed by atoms with Gasteiger partial charge in [0.2, 0.25) is 0 Å². The van der Waals surface area contributed by atoms with E-state index in [4.69, 9.17) is 10.8 Å². The van der Waals surface area contributed by atoms with Crippen LogP contribution in [0.5, 0.6) is 0 Å². The minimum atomic E-state index is -4.47. The topological polar surface area (TPSA) is 76.2 Å². The molecule has 110 valence electrons. The van der Waals surface area contributed by atoms with Gasteiger partial charge in [-0.3, -0.25) is 4.79 Å². The highest BCUT2D eigenvalue weighted by atomic mass is 19.4.